The Labute approximate surface area is 172 Å². The van der Waals surface area contributed by atoms with E-state index in [1.807, 2.05) is 11.4 Å². The summed E-state index contributed by atoms with van der Waals surface area (Å²) >= 11 is 1.52. The second-order valence-electron chi connectivity index (χ2n) is 7.52. The van der Waals surface area contributed by atoms with Gasteiger partial charge in [0.1, 0.15) is 5.60 Å². The third-order valence-corrected chi connectivity index (χ3v) is 5.54. The lowest BCUT2D eigenvalue weighted by atomic mass is 9.99. The van der Waals surface area contributed by atoms with Crippen LogP contribution in [0.25, 0.3) is 11.3 Å². The van der Waals surface area contributed by atoms with Crippen LogP contribution in [-0.4, -0.2) is 22.6 Å². The maximum Gasteiger partial charge on any atom is 0.269 e. The minimum absolute atomic E-state index is 0.0861. The van der Waals surface area contributed by atoms with Crippen molar-refractivity contribution in [2.24, 2.45) is 0 Å². The van der Waals surface area contributed by atoms with Gasteiger partial charge in [-0.25, -0.2) is 4.98 Å². The first-order valence-electron chi connectivity index (χ1n) is 9.18. The second-order valence-corrected chi connectivity index (χ2v) is 8.38. The minimum atomic E-state index is -0.401. The number of methoxy groups -OCH3 is 1. The Kier molecular flexibility index (Phi) is 4.87. The molecule has 2 aromatic carbocycles. The van der Waals surface area contributed by atoms with Gasteiger partial charge in [-0.2, -0.15) is 0 Å². The quantitative estimate of drug-likeness (QED) is 0.451. The molecule has 29 heavy (non-hydrogen) atoms. The summed E-state index contributed by atoms with van der Waals surface area (Å²) in [7, 11) is 1.65. The van der Waals surface area contributed by atoms with E-state index in [0.29, 0.717) is 6.54 Å². The van der Waals surface area contributed by atoms with E-state index in [4.69, 9.17) is 9.47 Å². The number of non-ortho nitro benzene ring substituents is 1. The first-order chi connectivity index (χ1) is 13.8. The van der Waals surface area contributed by atoms with Crippen molar-refractivity contribution in [1.82, 2.24) is 4.98 Å². The number of nitro groups is 1. The highest BCUT2D eigenvalue weighted by atomic mass is 32.1. The van der Waals surface area contributed by atoms with Gasteiger partial charge in [0.05, 0.1) is 17.7 Å². The largest absolute Gasteiger partial charge is 0.493 e. The molecule has 3 aromatic rings. The Morgan fingerprint density at radius 1 is 1.31 bits per heavy atom. The highest BCUT2D eigenvalue weighted by molar-refractivity contribution is 7.14. The molecule has 4 rings (SSSR count). The van der Waals surface area contributed by atoms with Gasteiger partial charge >= 0.3 is 0 Å². The van der Waals surface area contributed by atoms with Crippen molar-refractivity contribution in [2.45, 2.75) is 32.4 Å². The van der Waals surface area contributed by atoms with Crippen molar-refractivity contribution in [3.05, 3.63) is 63.0 Å². The number of fused-ring (bicyclic) bond motifs is 1. The van der Waals surface area contributed by atoms with Crippen molar-refractivity contribution in [3.8, 4) is 22.8 Å². The highest BCUT2D eigenvalue weighted by Crippen LogP contribution is 2.44. The standard InChI is InChI=1S/C21H21N3O4S/c1-21(2)10-15-8-14(9-18(27-3)19(15)28-21)17-12-29-20(23-17)22-11-13-4-6-16(7-5-13)24(25)26/h4-9,12H,10-11H2,1-3H3,(H,22,23). The lowest BCUT2D eigenvalue weighted by Gasteiger charge is -2.17. The number of hydrogen-bond acceptors (Lipinski definition) is 7. The van der Waals surface area contributed by atoms with E-state index in [1.165, 1.54) is 23.5 Å². The van der Waals surface area contributed by atoms with Crippen molar-refractivity contribution in [1.29, 1.82) is 0 Å². The zero-order valence-electron chi connectivity index (χ0n) is 16.4. The topological polar surface area (TPSA) is 86.5 Å². The summed E-state index contributed by atoms with van der Waals surface area (Å²) in [6, 6.07) is 10.6. The molecule has 1 N–H and O–H groups in total. The van der Waals surface area contributed by atoms with Gasteiger partial charge in [0, 0.05) is 41.6 Å². The fraction of sp³-hybridized carbons (Fsp3) is 0.286. The third-order valence-electron chi connectivity index (χ3n) is 4.74. The molecule has 0 radical (unpaired) electrons. The molecule has 0 atom stereocenters. The van der Waals surface area contributed by atoms with E-state index in [2.05, 4.69) is 30.2 Å². The molecule has 0 spiro atoms. The summed E-state index contributed by atoms with van der Waals surface area (Å²) in [6.45, 7) is 4.67. The molecule has 7 nitrogen and oxygen atoms in total. The van der Waals surface area contributed by atoms with Crippen LogP contribution in [0.3, 0.4) is 0 Å². The van der Waals surface area contributed by atoms with Gasteiger partial charge in [0.2, 0.25) is 0 Å². The number of hydrogen-bond donors (Lipinski definition) is 1. The number of nitrogens with one attached hydrogen (secondary N) is 1. The Balaban J connectivity index is 1.50. The van der Waals surface area contributed by atoms with E-state index in [0.717, 1.165) is 45.4 Å². The van der Waals surface area contributed by atoms with Gasteiger partial charge in [-0.15, -0.1) is 11.3 Å². The zero-order chi connectivity index (χ0) is 20.6. The number of rotatable bonds is 6. The Morgan fingerprint density at radius 3 is 2.76 bits per heavy atom. The summed E-state index contributed by atoms with van der Waals surface area (Å²) in [4.78, 5) is 15.0. The number of ether oxygens (including phenoxy) is 2. The molecule has 1 aliphatic heterocycles. The Hall–Kier alpha value is -3.13. The van der Waals surface area contributed by atoms with Gasteiger partial charge < -0.3 is 14.8 Å². The molecule has 1 aliphatic rings. The van der Waals surface area contributed by atoms with Crippen molar-refractivity contribution < 1.29 is 14.4 Å². The molecule has 0 bridgehead atoms. The third kappa shape index (κ3) is 4.02. The first kappa shape index (κ1) is 19.2. The number of benzene rings is 2. The van der Waals surface area contributed by atoms with Crippen molar-refractivity contribution in [3.63, 3.8) is 0 Å². The molecule has 2 heterocycles. The molecule has 1 aromatic heterocycles. The van der Waals surface area contributed by atoms with E-state index in [-0.39, 0.29) is 11.3 Å². The van der Waals surface area contributed by atoms with Crippen LogP contribution in [0.15, 0.2) is 41.8 Å². The molecule has 8 heteroatoms. The van der Waals surface area contributed by atoms with Gasteiger partial charge in [-0.05, 0) is 31.5 Å². The van der Waals surface area contributed by atoms with Crippen LogP contribution < -0.4 is 14.8 Å². The van der Waals surface area contributed by atoms with Crippen LogP contribution in [0.4, 0.5) is 10.8 Å². The SMILES string of the molecule is COc1cc(-c2csc(NCc3ccc([N+](=O)[O-])cc3)n2)cc2c1OC(C)(C)C2. The Bertz CT molecular complexity index is 1060. The van der Waals surface area contributed by atoms with Gasteiger partial charge in [-0.1, -0.05) is 12.1 Å². The molecule has 0 unspecified atom stereocenters. The number of aromatic nitrogens is 1. The maximum atomic E-state index is 10.7. The maximum absolute atomic E-state index is 10.7. The Morgan fingerprint density at radius 2 is 2.07 bits per heavy atom. The highest BCUT2D eigenvalue weighted by Gasteiger charge is 2.33. The molecule has 0 fully saturated rings. The van der Waals surface area contributed by atoms with E-state index < -0.39 is 4.92 Å². The monoisotopic (exact) mass is 411 g/mol. The van der Waals surface area contributed by atoms with Gasteiger partial charge in [-0.3, -0.25) is 10.1 Å². The normalized spacial score (nSPS) is 14.2. The van der Waals surface area contributed by atoms with E-state index in [9.17, 15) is 10.1 Å². The van der Waals surface area contributed by atoms with Crippen LogP contribution in [0.2, 0.25) is 0 Å². The zero-order valence-corrected chi connectivity index (χ0v) is 17.2. The van der Waals surface area contributed by atoms with E-state index in [1.54, 1.807) is 19.2 Å². The number of nitrogens with zero attached hydrogens (tertiary/aromatic N) is 2. The summed E-state index contributed by atoms with van der Waals surface area (Å²) in [6.07, 6.45) is 0.821. The summed E-state index contributed by atoms with van der Waals surface area (Å²) in [5, 5.41) is 16.8. The number of thiazole rings is 1. The van der Waals surface area contributed by atoms with Crippen LogP contribution in [0.1, 0.15) is 25.0 Å². The summed E-state index contributed by atoms with van der Waals surface area (Å²) in [5.41, 5.74) is 3.77. The predicted octanol–water partition coefficient (Wildman–Crippen LogP) is 5.05. The molecule has 0 saturated heterocycles. The molecule has 0 aliphatic carbocycles. The van der Waals surface area contributed by atoms with E-state index >= 15 is 0 Å². The fourth-order valence-corrected chi connectivity index (χ4v) is 4.10. The lowest BCUT2D eigenvalue weighted by molar-refractivity contribution is -0.384. The van der Waals surface area contributed by atoms with Crippen molar-refractivity contribution in [2.75, 3.05) is 12.4 Å². The average molecular weight is 411 g/mol. The van der Waals surface area contributed by atoms with Crippen LogP contribution in [0, 0.1) is 10.1 Å². The fourth-order valence-electron chi connectivity index (χ4n) is 3.38. The predicted molar refractivity (Wildman–Crippen MR) is 113 cm³/mol. The van der Waals surface area contributed by atoms with Crippen LogP contribution >= 0.6 is 11.3 Å². The second kappa shape index (κ2) is 7.36. The van der Waals surface area contributed by atoms with Gasteiger partial charge in [0.15, 0.2) is 16.6 Å². The lowest BCUT2D eigenvalue weighted by Crippen LogP contribution is -2.24. The van der Waals surface area contributed by atoms with Crippen LogP contribution in [0.5, 0.6) is 11.5 Å². The number of anilines is 1. The van der Waals surface area contributed by atoms with Crippen molar-refractivity contribution >= 4 is 22.2 Å². The smallest absolute Gasteiger partial charge is 0.269 e. The first-order valence-corrected chi connectivity index (χ1v) is 10.1. The number of nitro benzene ring substituents is 1. The average Bonchev–Trinajstić information content (AvgIpc) is 3.28. The molecule has 0 amide bonds. The molecular formula is C21H21N3O4S. The minimum Gasteiger partial charge on any atom is -0.493 e. The summed E-state index contributed by atoms with van der Waals surface area (Å²) < 4.78 is 11.6. The molecular weight excluding hydrogens is 390 g/mol. The van der Waals surface area contributed by atoms with Crippen LogP contribution in [-0.2, 0) is 13.0 Å². The van der Waals surface area contributed by atoms with Gasteiger partial charge in [0.25, 0.3) is 5.69 Å². The summed E-state index contributed by atoms with van der Waals surface area (Å²) in [5.74, 6) is 1.53. The molecule has 150 valence electrons. The molecule has 0 saturated carbocycles.